The molecule has 3 aliphatic rings. The molecule has 4 rings (SSSR count). The Morgan fingerprint density at radius 1 is 1.03 bits per heavy atom. The number of nitrogens with zero attached hydrogens (tertiary/aromatic N) is 3. The second kappa shape index (κ2) is 10.4. The maximum atomic E-state index is 5.36. The Hall–Kier alpha value is -1.26. The third-order valence-corrected chi connectivity index (χ3v) is 10.1. The Kier molecular flexibility index (Phi) is 7.89. The van der Waals surface area contributed by atoms with Gasteiger partial charge in [-0.05, 0) is 83.3 Å². The first-order chi connectivity index (χ1) is 16.2. The molecule has 0 aromatic heterocycles. The molecule has 1 aromatic rings. The molecule has 0 amide bonds. The molecule has 2 atom stereocenters. The number of fused-ring (bicyclic) bond motifs is 2. The van der Waals surface area contributed by atoms with Crippen molar-refractivity contribution in [2.24, 2.45) is 21.7 Å². The van der Waals surface area contributed by atoms with E-state index < -0.39 is 0 Å². The summed E-state index contributed by atoms with van der Waals surface area (Å²) < 4.78 is 0. The molecule has 4 heteroatoms. The van der Waals surface area contributed by atoms with Crippen molar-refractivity contribution in [1.29, 1.82) is 0 Å². The van der Waals surface area contributed by atoms with Crippen LogP contribution in [0.5, 0.6) is 0 Å². The average Bonchev–Trinajstić information content (AvgIpc) is 3.14. The van der Waals surface area contributed by atoms with Crippen molar-refractivity contribution in [1.82, 2.24) is 9.80 Å². The summed E-state index contributed by atoms with van der Waals surface area (Å²) in [7, 11) is 0. The molecule has 2 bridgehead atoms. The van der Waals surface area contributed by atoms with Gasteiger partial charge in [0.1, 0.15) is 5.04 Å². The molecule has 34 heavy (non-hydrogen) atoms. The number of para-hydroxylation sites is 1. The van der Waals surface area contributed by atoms with Crippen LogP contribution >= 0.6 is 11.8 Å². The fourth-order valence-electron chi connectivity index (χ4n) is 6.93. The van der Waals surface area contributed by atoms with Crippen LogP contribution in [0.25, 0.3) is 0 Å². The molecule has 1 saturated carbocycles. The number of thioether (sulfide) groups is 1. The number of benzene rings is 1. The zero-order chi connectivity index (χ0) is 24.5. The number of rotatable bonds is 8. The van der Waals surface area contributed by atoms with Crippen molar-refractivity contribution < 1.29 is 0 Å². The summed E-state index contributed by atoms with van der Waals surface area (Å²) in [5.74, 6) is 1.69. The third kappa shape index (κ3) is 4.74. The number of likely N-dealkylation sites (tertiary alicyclic amines) is 1. The van der Waals surface area contributed by atoms with Gasteiger partial charge in [0.15, 0.2) is 0 Å². The minimum Gasteiger partial charge on any atom is -0.374 e. The molecule has 1 aromatic carbocycles. The van der Waals surface area contributed by atoms with E-state index in [2.05, 4.69) is 88.6 Å². The van der Waals surface area contributed by atoms with Gasteiger partial charge < -0.3 is 4.90 Å². The Morgan fingerprint density at radius 2 is 1.68 bits per heavy atom. The molecule has 0 N–H and O–H groups in total. The summed E-state index contributed by atoms with van der Waals surface area (Å²) in [6.45, 7) is 20.4. The van der Waals surface area contributed by atoms with Gasteiger partial charge >= 0.3 is 0 Å². The quantitative estimate of drug-likeness (QED) is 0.279. The van der Waals surface area contributed by atoms with E-state index in [9.17, 15) is 0 Å². The number of hydrogen-bond acceptors (Lipinski definition) is 4. The van der Waals surface area contributed by atoms with Gasteiger partial charge in [0.2, 0.25) is 0 Å². The first-order valence-corrected chi connectivity index (χ1v) is 14.7. The van der Waals surface area contributed by atoms with Gasteiger partial charge in [0, 0.05) is 54.2 Å². The Labute approximate surface area is 213 Å². The second-order valence-electron chi connectivity index (χ2n) is 12.0. The van der Waals surface area contributed by atoms with E-state index >= 15 is 0 Å². The standard InChI is InChI=1S/C30H47N3S/c1-22(2)33(23(3)4)20-21-34-28(31-24-14-10-8-11-15-24)26-25-16-17-30(7,29(25,5)6)27(26)32-18-12-9-13-19-32/h8,10-11,14-15,22-23,25H,9,12-13,16-21H2,1-7H3. The topological polar surface area (TPSA) is 18.8 Å². The highest BCUT2D eigenvalue weighted by molar-refractivity contribution is 8.14. The van der Waals surface area contributed by atoms with E-state index in [4.69, 9.17) is 4.99 Å². The molecule has 188 valence electrons. The second-order valence-corrected chi connectivity index (χ2v) is 13.1. The molecule has 2 aliphatic carbocycles. The van der Waals surface area contributed by atoms with Crippen molar-refractivity contribution in [3.8, 4) is 0 Å². The maximum Gasteiger partial charge on any atom is 0.102 e. The summed E-state index contributed by atoms with van der Waals surface area (Å²) in [4.78, 5) is 10.7. The zero-order valence-electron chi connectivity index (χ0n) is 22.7. The fraction of sp³-hybridized carbons (Fsp3) is 0.700. The van der Waals surface area contributed by atoms with Crippen LogP contribution in [-0.2, 0) is 0 Å². The zero-order valence-corrected chi connectivity index (χ0v) is 23.5. The summed E-state index contributed by atoms with van der Waals surface area (Å²) >= 11 is 2.01. The lowest BCUT2D eigenvalue weighted by Gasteiger charge is -2.43. The van der Waals surface area contributed by atoms with Gasteiger partial charge in [-0.2, -0.15) is 0 Å². The van der Waals surface area contributed by atoms with E-state index in [-0.39, 0.29) is 10.8 Å². The van der Waals surface area contributed by atoms with E-state index in [0.717, 1.165) is 18.0 Å². The molecule has 3 nitrogen and oxygen atoms in total. The summed E-state index contributed by atoms with van der Waals surface area (Å²) in [6.07, 6.45) is 6.65. The van der Waals surface area contributed by atoms with Crippen LogP contribution in [-0.4, -0.2) is 52.3 Å². The highest BCUT2D eigenvalue weighted by Crippen LogP contribution is 2.69. The van der Waals surface area contributed by atoms with Crippen molar-refractivity contribution >= 4 is 22.5 Å². The van der Waals surface area contributed by atoms with Crippen LogP contribution < -0.4 is 0 Å². The minimum absolute atomic E-state index is 0.254. The first-order valence-electron chi connectivity index (χ1n) is 13.7. The summed E-state index contributed by atoms with van der Waals surface area (Å²) in [5, 5.41) is 1.29. The lowest BCUT2D eigenvalue weighted by molar-refractivity contribution is 0.124. The van der Waals surface area contributed by atoms with E-state index in [0.29, 0.717) is 18.0 Å². The van der Waals surface area contributed by atoms with E-state index in [1.54, 1.807) is 11.3 Å². The predicted octanol–water partition coefficient (Wildman–Crippen LogP) is 7.76. The maximum absolute atomic E-state index is 5.36. The number of hydrogen-bond donors (Lipinski definition) is 0. The molecule has 0 spiro atoms. The van der Waals surface area contributed by atoms with Crippen molar-refractivity contribution in [2.45, 2.75) is 92.7 Å². The highest BCUT2D eigenvalue weighted by Gasteiger charge is 2.62. The molecular formula is C30H47N3S. The van der Waals surface area contributed by atoms with Gasteiger partial charge in [-0.1, -0.05) is 39.0 Å². The van der Waals surface area contributed by atoms with Crippen molar-refractivity contribution in [2.75, 3.05) is 25.4 Å². The smallest absolute Gasteiger partial charge is 0.102 e. The van der Waals surface area contributed by atoms with Gasteiger partial charge in [-0.25, -0.2) is 4.99 Å². The third-order valence-electron chi connectivity index (χ3n) is 9.16. The minimum atomic E-state index is 0.254. The lowest BCUT2D eigenvalue weighted by Crippen LogP contribution is -2.40. The fourth-order valence-corrected chi connectivity index (χ4v) is 7.99. The van der Waals surface area contributed by atoms with Crippen molar-refractivity contribution in [3.63, 3.8) is 0 Å². The van der Waals surface area contributed by atoms with Gasteiger partial charge in [0.05, 0.1) is 5.69 Å². The van der Waals surface area contributed by atoms with Crippen LogP contribution in [0.3, 0.4) is 0 Å². The number of allylic oxidation sites excluding steroid dienone is 1. The Balaban J connectivity index is 1.73. The SMILES string of the molecule is CC(C)N(CCSC(=Nc1ccccc1)C1=C(N2CCCCC2)C2(C)CCC1C2(C)C)C(C)C. The van der Waals surface area contributed by atoms with E-state index in [1.165, 1.54) is 50.2 Å². The molecule has 2 unspecified atom stereocenters. The largest absolute Gasteiger partial charge is 0.374 e. The van der Waals surface area contributed by atoms with Crippen LogP contribution in [0, 0.1) is 16.7 Å². The van der Waals surface area contributed by atoms with Gasteiger partial charge in [-0.3, -0.25) is 4.90 Å². The Morgan fingerprint density at radius 3 is 2.29 bits per heavy atom. The normalized spacial score (nSPS) is 27.1. The van der Waals surface area contributed by atoms with Crippen LogP contribution in [0.2, 0.25) is 0 Å². The van der Waals surface area contributed by atoms with Crippen LogP contribution in [0.15, 0.2) is 46.6 Å². The number of aliphatic imine (C=N–C) groups is 1. The molecular weight excluding hydrogens is 434 g/mol. The monoisotopic (exact) mass is 481 g/mol. The molecule has 2 fully saturated rings. The number of piperidine rings is 1. The molecule has 0 radical (unpaired) electrons. The predicted molar refractivity (Wildman–Crippen MR) is 150 cm³/mol. The molecule has 1 aliphatic heterocycles. The average molecular weight is 482 g/mol. The summed E-state index contributed by atoms with van der Waals surface area (Å²) in [5.41, 5.74) is 4.88. The highest BCUT2D eigenvalue weighted by atomic mass is 32.2. The lowest BCUT2D eigenvalue weighted by atomic mass is 9.69. The van der Waals surface area contributed by atoms with Crippen LogP contribution in [0.4, 0.5) is 5.69 Å². The van der Waals surface area contributed by atoms with E-state index in [1.807, 2.05) is 11.8 Å². The van der Waals surface area contributed by atoms with Gasteiger partial charge in [-0.15, -0.1) is 11.8 Å². The first kappa shape index (κ1) is 25.8. The van der Waals surface area contributed by atoms with Crippen molar-refractivity contribution in [3.05, 3.63) is 41.6 Å². The van der Waals surface area contributed by atoms with Crippen LogP contribution in [0.1, 0.15) is 80.6 Å². The molecule has 1 saturated heterocycles. The molecule has 1 heterocycles. The van der Waals surface area contributed by atoms with Gasteiger partial charge in [0.25, 0.3) is 0 Å². The summed E-state index contributed by atoms with van der Waals surface area (Å²) in [6, 6.07) is 11.8. The Bertz CT molecular complexity index is 887.